The number of pyridine rings is 1. The maximum Gasteiger partial charge on any atom is 0.0496 e. The van der Waals surface area contributed by atoms with E-state index in [2.05, 4.69) is 108 Å². The van der Waals surface area contributed by atoms with Gasteiger partial charge in [-0.15, -0.1) is 0 Å². The topological polar surface area (TPSA) is 64.5 Å². The first kappa shape index (κ1) is 51.3. The Morgan fingerprint density at radius 3 is 0.524 bits per heavy atom. The molecule has 1 aromatic carbocycles. The van der Waals surface area contributed by atoms with Crippen molar-refractivity contribution in [3.05, 3.63) is 116 Å². The SMILES string of the molecule is C.C.CC(C)C.CC(C)C.CC(C)C.CC(C)C.c1ccccc1.c1ccncc1.c1ccnnc1.c1cnccn1. The van der Waals surface area contributed by atoms with E-state index in [4.69, 9.17) is 0 Å². The first-order valence-electron chi connectivity index (χ1n) is 14.2. The molecular formula is C37H67N5. The number of hydrogen-bond donors (Lipinski definition) is 0. The Labute approximate surface area is 262 Å². The Hall–Kier alpha value is -3.47. The van der Waals surface area contributed by atoms with E-state index in [1.54, 1.807) is 49.6 Å². The molecule has 0 saturated carbocycles. The van der Waals surface area contributed by atoms with Gasteiger partial charge in [-0.1, -0.05) is 140 Å². The van der Waals surface area contributed by atoms with Gasteiger partial charge in [-0.2, -0.15) is 10.2 Å². The molecule has 0 aliphatic rings. The highest BCUT2D eigenvalue weighted by molar-refractivity contribution is 4.99. The average Bonchev–Trinajstić information content (AvgIpc) is 2.93. The molecule has 4 rings (SSSR count). The summed E-state index contributed by atoms with van der Waals surface area (Å²) in [4.78, 5) is 11.2. The van der Waals surface area contributed by atoms with Crippen LogP contribution < -0.4 is 0 Å². The Morgan fingerprint density at radius 1 is 0.262 bits per heavy atom. The summed E-state index contributed by atoms with van der Waals surface area (Å²) < 4.78 is 0. The second-order valence-electron chi connectivity index (χ2n) is 10.9. The molecular weight excluding hydrogens is 514 g/mol. The zero-order valence-corrected chi connectivity index (χ0v) is 27.5. The number of nitrogens with zero attached hydrogens (tertiary/aromatic N) is 5. The fourth-order valence-electron chi connectivity index (χ4n) is 1.20. The number of rotatable bonds is 0. The van der Waals surface area contributed by atoms with Crippen LogP contribution in [0.1, 0.15) is 97.9 Å². The normalized spacial score (nSPS) is 8.00. The number of benzene rings is 1. The minimum atomic E-state index is 0. The van der Waals surface area contributed by atoms with Crippen LogP contribution in [-0.2, 0) is 0 Å². The van der Waals surface area contributed by atoms with Crippen LogP contribution in [0.2, 0.25) is 0 Å². The van der Waals surface area contributed by atoms with Crippen LogP contribution in [-0.4, -0.2) is 25.1 Å². The molecule has 0 amide bonds. The molecule has 42 heavy (non-hydrogen) atoms. The van der Waals surface area contributed by atoms with E-state index in [1.807, 2.05) is 66.7 Å². The number of aromatic nitrogens is 5. The predicted octanol–water partition coefficient (Wildman–Crippen LogP) is 11.6. The van der Waals surface area contributed by atoms with Crippen LogP contribution in [0.15, 0.2) is 116 Å². The highest BCUT2D eigenvalue weighted by Crippen LogP contribution is 1.82. The summed E-state index contributed by atoms with van der Waals surface area (Å²) >= 11 is 0. The lowest BCUT2D eigenvalue weighted by molar-refractivity contribution is 0.736. The van der Waals surface area contributed by atoms with Crippen LogP contribution >= 0.6 is 0 Å². The molecule has 0 N–H and O–H groups in total. The van der Waals surface area contributed by atoms with Crippen molar-refractivity contribution in [3.63, 3.8) is 0 Å². The molecule has 0 aliphatic heterocycles. The van der Waals surface area contributed by atoms with Crippen molar-refractivity contribution in [1.29, 1.82) is 0 Å². The highest BCUT2D eigenvalue weighted by Gasteiger charge is 1.69. The van der Waals surface area contributed by atoms with Gasteiger partial charge in [0.25, 0.3) is 0 Å². The van der Waals surface area contributed by atoms with Gasteiger partial charge in [0.2, 0.25) is 0 Å². The molecule has 3 heterocycles. The molecule has 5 heteroatoms. The van der Waals surface area contributed by atoms with Gasteiger partial charge in [-0.25, -0.2) is 0 Å². The summed E-state index contributed by atoms with van der Waals surface area (Å²) in [5.74, 6) is 3.33. The predicted molar refractivity (Wildman–Crippen MR) is 190 cm³/mol. The minimum Gasteiger partial charge on any atom is -0.265 e. The molecule has 0 bridgehead atoms. The second-order valence-corrected chi connectivity index (χ2v) is 10.9. The lowest BCUT2D eigenvalue weighted by Crippen LogP contribution is -1.69. The minimum absolute atomic E-state index is 0. The Kier molecular flexibility index (Phi) is 57.8. The Morgan fingerprint density at radius 2 is 0.429 bits per heavy atom. The molecule has 0 atom stereocenters. The van der Waals surface area contributed by atoms with Gasteiger partial charge >= 0.3 is 0 Å². The van der Waals surface area contributed by atoms with Crippen molar-refractivity contribution in [1.82, 2.24) is 25.1 Å². The molecule has 5 nitrogen and oxygen atoms in total. The van der Waals surface area contributed by atoms with E-state index in [0.29, 0.717) is 0 Å². The third-order valence-electron chi connectivity index (χ3n) is 2.19. The highest BCUT2D eigenvalue weighted by atomic mass is 15.1. The van der Waals surface area contributed by atoms with Crippen molar-refractivity contribution < 1.29 is 0 Å². The number of hydrogen-bond acceptors (Lipinski definition) is 5. The van der Waals surface area contributed by atoms with Crippen molar-refractivity contribution in [2.45, 2.75) is 97.9 Å². The van der Waals surface area contributed by atoms with Crippen LogP contribution in [0, 0.1) is 23.7 Å². The third-order valence-corrected chi connectivity index (χ3v) is 2.19. The van der Waals surface area contributed by atoms with E-state index in [9.17, 15) is 0 Å². The van der Waals surface area contributed by atoms with E-state index in [1.165, 1.54) is 0 Å². The third kappa shape index (κ3) is 109. The molecule has 0 aliphatic carbocycles. The summed E-state index contributed by atoms with van der Waals surface area (Å²) in [6.45, 7) is 26.0. The molecule has 0 saturated heterocycles. The maximum absolute atomic E-state index is 3.78. The fourth-order valence-corrected chi connectivity index (χ4v) is 1.20. The van der Waals surface area contributed by atoms with Crippen LogP contribution in [0.3, 0.4) is 0 Å². The molecule has 4 aromatic rings. The Bertz CT molecular complexity index is 574. The molecule has 0 fully saturated rings. The van der Waals surface area contributed by atoms with Crippen LogP contribution in [0.25, 0.3) is 0 Å². The van der Waals surface area contributed by atoms with Gasteiger partial charge in [0.15, 0.2) is 0 Å². The first-order chi connectivity index (χ1) is 18.9. The maximum atomic E-state index is 3.78. The van der Waals surface area contributed by atoms with Crippen molar-refractivity contribution in [2.24, 2.45) is 23.7 Å². The van der Waals surface area contributed by atoms with Crippen LogP contribution in [0.4, 0.5) is 0 Å². The molecule has 3 aromatic heterocycles. The van der Waals surface area contributed by atoms with E-state index in [-0.39, 0.29) is 14.9 Å². The lowest BCUT2D eigenvalue weighted by Gasteiger charge is -1.79. The van der Waals surface area contributed by atoms with Gasteiger partial charge < -0.3 is 0 Å². The van der Waals surface area contributed by atoms with Gasteiger partial charge in [-0.3, -0.25) is 15.0 Å². The van der Waals surface area contributed by atoms with Crippen molar-refractivity contribution in [3.8, 4) is 0 Å². The van der Waals surface area contributed by atoms with Gasteiger partial charge in [0.05, 0.1) is 0 Å². The van der Waals surface area contributed by atoms with E-state index < -0.39 is 0 Å². The zero-order chi connectivity index (χ0) is 31.3. The smallest absolute Gasteiger partial charge is 0.0496 e. The van der Waals surface area contributed by atoms with Crippen molar-refractivity contribution >= 4 is 0 Å². The molecule has 0 radical (unpaired) electrons. The van der Waals surface area contributed by atoms with Gasteiger partial charge in [-0.05, 0) is 47.9 Å². The van der Waals surface area contributed by atoms with Gasteiger partial charge in [0, 0.05) is 49.6 Å². The molecule has 0 spiro atoms. The largest absolute Gasteiger partial charge is 0.265 e. The van der Waals surface area contributed by atoms with E-state index in [0.717, 1.165) is 23.7 Å². The average molecular weight is 582 g/mol. The lowest BCUT2D eigenvalue weighted by atomic mass is 10.3. The zero-order valence-electron chi connectivity index (χ0n) is 27.5. The van der Waals surface area contributed by atoms with Gasteiger partial charge in [0.1, 0.15) is 0 Å². The second kappa shape index (κ2) is 47.3. The first-order valence-corrected chi connectivity index (χ1v) is 14.2. The summed E-state index contributed by atoms with van der Waals surface area (Å²) in [7, 11) is 0. The summed E-state index contributed by atoms with van der Waals surface area (Å²) in [5, 5.41) is 7.07. The van der Waals surface area contributed by atoms with E-state index >= 15 is 0 Å². The molecule has 0 unspecified atom stereocenters. The Balaban J connectivity index is -0.0000000884. The quantitative estimate of drug-likeness (QED) is 0.207. The van der Waals surface area contributed by atoms with Crippen LogP contribution in [0.5, 0.6) is 0 Å². The van der Waals surface area contributed by atoms with Crippen molar-refractivity contribution in [2.75, 3.05) is 0 Å². The fraction of sp³-hybridized carbons (Fsp3) is 0.486. The molecule has 240 valence electrons. The summed E-state index contributed by atoms with van der Waals surface area (Å²) in [6, 6.07) is 21.4. The summed E-state index contributed by atoms with van der Waals surface area (Å²) in [5.41, 5.74) is 0. The summed E-state index contributed by atoms with van der Waals surface area (Å²) in [6.07, 6.45) is 13.3. The standard InChI is InChI=1S/C6H6.C5H5N.2C4H4N2.4C4H10.2CH4/c2*1-2-4-6-5-3-1;1-2-6-4-3-5-1;1-2-4-6-5-3-1;4*1-4(2)3;;/h1-6H;1-5H;2*1-4H;4*4H,1-3H3;2*1H4. The monoisotopic (exact) mass is 582 g/mol.